The summed E-state index contributed by atoms with van der Waals surface area (Å²) in [6.07, 6.45) is 1.47. The van der Waals surface area contributed by atoms with E-state index < -0.39 is 0 Å². The summed E-state index contributed by atoms with van der Waals surface area (Å²) < 4.78 is 0. The molecule has 1 aliphatic heterocycles. The van der Waals surface area contributed by atoms with Crippen molar-refractivity contribution in [3.63, 3.8) is 0 Å². The van der Waals surface area contributed by atoms with E-state index in [-0.39, 0.29) is 5.91 Å². The van der Waals surface area contributed by atoms with Gasteiger partial charge in [-0.15, -0.1) is 0 Å². The Morgan fingerprint density at radius 1 is 1.17 bits per heavy atom. The van der Waals surface area contributed by atoms with Gasteiger partial charge in [0.25, 0.3) is 0 Å². The van der Waals surface area contributed by atoms with Crippen LogP contribution in [0.1, 0.15) is 28.4 Å². The second-order valence-corrected chi connectivity index (χ2v) is 7.94. The molecule has 0 aromatic heterocycles. The fourth-order valence-corrected chi connectivity index (χ4v) is 4.56. The Balaban J connectivity index is 1.61. The lowest BCUT2D eigenvalue weighted by Gasteiger charge is -2.21. The van der Waals surface area contributed by atoms with Crippen LogP contribution in [0.4, 0.5) is 0 Å². The van der Waals surface area contributed by atoms with Crippen molar-refractivity contribution in [2.45, 2.75) is 25.0 Å². The smallest absolute Gasteiger partial charge is 0.227 e. The zero-order valence-electron chi connectivity index (χ0n) is 13.9. The molecule has 3 rings (SSSR count). The van der Waals surface area contributed by atoms with E-state index in [0.29, 0.717) is 16.7 Å². The second-order valence-electron chi connectivity index (χ2n) is 6.19. The lowest BCUT2D eigenvalue weighted by atomic mass is 10.0. The normalized spacial score (nSPS) is 18.2. The largest absolute Gasteiger partial charge is 0.342 e. The molecule has 0 aliphatic carbocycles. The molecule has 2 nitrogen and oxygen atoms in total. The number of carbonyl (C=O) groups is 1. The first-order valence-corrected chi connectivity index (χ1v) is 9.75. The number of nitrogens with zero attached hydrogens (tertiary/aromatic N) is 1. The van der Waals surface area contributed by atoms with E-state index in [4.69, 9.17) is 11.6 Å². The minimum absolute atomic E-state index is 0.211. The van der Waals surface area contributed by atoms with Crippen molar-refractivity contribution >= 4 is 29.3 Å². The Kier molecular flexibility index (Phi) is 5.85. The summed E-state index contributed by atoms with van der Waals surface area (Å²) in [7, 11) is 0. The maximum absolute atomic E-state index is 12.6. The van der Waals surface area contributed by atoms with E-state index in [2.05, 4.69) is 31.2 Å². The summed E-state index contributed by atoms with van der Waals surface area (Å²) in [6.45, 7) is 3.84. The van der Waals surface area contributed by atoms with Crippen LogP contribution in [0, 0.1) is 6.92 Å². The van der Waals surface area contributed by atoms with Crippen LogP contribution in [0.15, 0.2) is 48.5 Å². The number of hydrogen-bond donors (Lipinski definition) is 0. The van der Waals surface area contributed by atoms with E-state index in [1.165, 1.54) is 11.1 Å². The molecule has 0 spiro atoms. The Morgan fingerprint density at radius 3 is 2.67 bits per heavy atom. The molecule has 1 amide bonds. The van der Waals surface area contributed by atoms with Gasteiger partial charge >= 0.3 is 0 Å². The SMILES string of the molecule is Cc1ccccc1C1CCN(C(=O)Cc2ccc(Cl)cc2)CCS1. The quantitative estimate of drug-likeness (QED) is 0.777. The summed E-state index contributed by atoms with van der Waals surface area (Å²) >= 11 is 7.88. The van der Waals surface area contributed by atoms with Crippen LogP contribution in [0.2, 0.25) is 5.02 Å². The maximum atomic E-state index is 12.6. The third-order valence-corrected chi connectivity index (χ3v) is 6.06. The van der Waals surface area contributed by atoms with Gasteiger partial charge in [-0.1, -0.05) is 48.0 Å². The Bertz CT molecular complexity index is 701. The Labute approximate surface area is 153 Å². The molecule has 2 aromatic carbocycles. The van der Waals surface area contributed by atoms with Crippen molar-refractivity contribution in [2.75, 3.05) is 18.8 Å². The fraction of sp³-hybridized carbons (Fsp3) is 0.350. The number of halogens is 1. The number of aryl methyl sites for hydroxylation is 1. The molecular weight excluding hydrogens is 338 g/mol. The van der Waals surface area contributed by atoms with Gasteiger partial charge in [0.15, 0.2) is 0 Å². The van der Waals surface area contributed by atoms with E-state index >= 15 is 0 Å². The van der Waals surface area contributed by atoms with Crippen molar-refractivity contribution in [3.05, 3.63) is 70.2 Å². The highest BCUT2D eigenvalue weighted by molar-refractivity contribution is 7.99. The molecule has 0 N–H and O–H groups in total. The van der Waals surface area contributed by atoms with Crippen LogP contribution < -0.4 is 0 Å². The highest BCUT2D eigenvalue weighted by Crippen LogP contribution is 2.36. The van der Waals surface area contributed by atoms with Crippen LogP contribution in [0.25, 0.3) is 0 Å². The molecule has 1 unspecified atom stereocenters. The molecule has 1 fully saturated rings. The number of rotatable bonds is 3. The van der Waals surface area contributed by atoms with Gasteiger partial charge in [-0.3, -0.25) is 4.79 Å². The predicted octanol–water partition coefficient (Wildman–Crippen LogP) is 4.90. The number of hydrogen-bond acceptors (Lipinski definition) is 2. The van der Waals surface area contributed by atoms with Crippen molar-refractivity contribution in [1.82, 2.24) is 4.90 Å². The Morgan fingerprint density at radius 2 is 1.92 bits per heavy atom. The van der Waals surface area contributed by atoms with E-state index in [0.717, 1.165) is 30.8 Å². The number of amides is 1. The zero-order valence-corrected chi connectivity index (χ0v) is 15.4. The first-order valence-electron chi connectivity index (χ1n) is 8.33. The molecule has 1 atom stereocenters. The number of thioether (sulfide) groups is 1. The molecule has 0 saturated carbocycles. The van der Waals surface area contributed by atoms with E-state index in [9.17, 15) is 4.79 Å². The first-order chi connectivity index (χ1) is 11.6. The topological polar surface area (TPSA) is 20.3 Å². The maximum Gasteiger partial charge on any atom is 0.227 e. The lowest BCUT2D eigenvalue weighted by molar-refractivity contribution is -0.130. The monoisotopic (exact) mass is 359 g/mol. The molecule has 2 aromatic rings. The Hall–Kier alpha value is -1.45. The van der Waals surface area contributed by atoms with Crippen molar-refractivity contribution in [3.8, 4) is 0 Å². The third kappa shape index (κ3) is 4.34. The van der Waals surface area contributed by atoms with Crippen molar-refractivity contribution in [2.24, 2.45) is 0 Å². The van der Waals surface area contributed by atoms with E-state index in [1.54, 1.807) is 0 Å². The van der Waals surface area contributed by atoms with Gasteiger partial charge in [0.2, 0.25) is 5.91 Å². The third-order valence-electron chi connectivity index (χ3n) is 4.50. The summed E-state index contributed by atoms with van der Waals surface area (Å²) in [5.41, 5.74) is 3.78. The molecule has 24 heavy (non-hydrogen) atoms. The molecule has 1 saturated heterocycles. The first kappa shape index (κ1) is 17.4. The minimum atomic E-state index is 0.211. The van der Waals surface area contributed by atoms with Gasteiger partial charge in [0.05, 0.1) is 6.42 Å². The van der Waals surface area contributed by atoms with Crippen LogP contribution in [0.5, 0.6) is 0 Å². The van der Waals surface area contributed by atoms with Gasteiger partial charge in [-0.25, -0.2) is 0 Å². The van der Waals surface area contributed by atoms with Crippen LogP contribution in [0.3, 0.4) is 0 Å². The summed E-state index contributed by atoms with van der Waals surface area (Å²) in [4.78, 5) is 14.6. The molecule has 1 heterocycles. The van der Waals surface area contributed by atoms with E-state index in [1.807, 2.05) is 40.9 Å². The van der Waals surface area contributed by atoms with Gasteiger partial charge in [-0.2, -0.15) is 11.8 Å². The predicted molar refractivity (Wildman–Crippen MR) is 103 cm³/mol. The van der Waals surface area contributed by atoms with Gasteiger partial charge < -0.3 is 4.90 Å². The molecule has 0 radical (unpaired) electrons. The van der Waals surface area contributed by atoms with Crippen LogP contribution in [-0.2, 0) is 11.2 Å². The molecule has 4 heteroatoms. The molecule has 1 aliphatic rings. The van der Waals surface area contributed by atoms with Gasteiger partial charge in [-0.05, 0) is 42.2 Å². The summed E-state index contributed by atoms with van der Waals surface area (Å²) in [5.74, 6) is 1.20. The molecular formula is C20H22ClNOS. The minimum Gasteiger partial charge on any atom is -0.342 e. The highest BCUT2D eigenvalue weighted by atomic mass is 35.5. The molecule has 126 valence electrons. The molecule has 0 bridgehead atoms. The van der Waals surface area contributed by atoms with Crippen molar-refractivity contribution in [1.29, 1.82) is 0 Å². The van der Waals surface area contributed by atoms with Gasteiger partial charge in [0, 0.05) is 29.1 Å². The van der Waals surface area contributed by atoms with Crippen molar-refractivity contribution < 1.29 is 4.79 Å². The fourth-order valence-electron chi connectivity index (χ4n) is 3.10. The number of benzene rings is 2. The lowest BCUT2D eigenvalue weighted by Crippen LogP contribution is -2.34. The average molecular weight is 360 g/mol. The van der Waals surface area contributed by atoms with Gasteiger partial charge in [0.1, 0.15) is 0 Å². The number of carbonyl (C=O) groups excluding carboxylic acids is 1. The second kappa shape index (κ2) is 8.09. The highest BCUT2D eigenvalue weighted by Gasteiger charge is 2.22. The summed E-state index contributed by atoms with van der Waals surface area (Å²) in [5, 5.41) is 1.19. The zero-order chi connectivity index (χ0) is 16.9. The summed E-state index contributed by atoms with van der Waals surface area (Å²) in [6, 6.07) is 16.1. The van der Waals surface area contributed by atoms with Crippen LogP contribution in [-0.4, -0.2) is 29.6 Å². The standard InChI is InChI=1S/C20H22ClNOS/c1-15-4-2-3-5-18(15)19-10-11-22(12-13-24-19)20(23)14-16-6-8-17(21)9-7-16/h2-9,19H,10-14H2,1H3. The van der Waals surface area contributed by atoms with Crippen LogP contribution >= 0.6 is 23.4 Å². The average Bonchev–Trinajstić information content (AvgIpc) is 2.83.